The maximum absolute atomic E-state index is 9.70. The second-order valence-corrected chi connectivity index (χ2v) is 3.58. The highest BCUT2D eigenvalue weighted by Gasteiger charge is 1.99. The Labute approximate surface area is 80.4 Å². The SMILES string of the molecule is CC(C)C(=O)O.CC(C)CCC#N. The number of nitrogens with zero attached hydrogens (tertiary/aromatic N) is 1. The average molecular weight is 185 g/mol. The van der Waals surface area contributed by atoms with Gasteiger partial charge in [-0.2, -0.15) is 5.26 Å². The molecule has 0 saturated heterocycles. The van der Waals surface area contributed by atoms with E-state index in [1.165, 1.54) is 0 Å². The highest BCUT2D eigenvalue weighted by molar-refractivity contribution is 5.68. The first-order valence-corrected chi connectivity index (χ1v) is 4.51. The van der Waals surface area contributed by atoms with E-state index in [0.29, 0.717) is 12.3 Å². The fourth-order valence-electron chi connectivity index (χ4n) is 0.353. The fourth-order valence-corrected chi connectivity index (χ4v) is 0.353. The zero-order valence-corrected chi connectivity index (χ0v) is 8.87. The largest absolute Gasteiger partial charge is 0.481 e. The summed E-state index contributed by atoms with van der Waals surface area (Å²) in [6.07, 6.45) is 1.74. The lowest BCUT2D eigenvalue weighted by Crippen LogP contribution is -2.03. The summed E-state index contributed by atoms with van der Waals surface area (Å²) in [5, 5.41) is 16.1. The molecule has 0 amide bonds. The predicted molar refractivity (Wildman–Crippen MR) is 52.2 cm³/mol. The van der Waals surface area contributed by atoms with E-state index < -0.39 is 5.97 Å². The summed E-state index contributed by atoms with van der Waals surface area (Å²) in [5.74, 6) is -0.292. The Morgan fingerprint density at radius 1 is 1.38 bits per heavy atom. The highest BCUT2D eigenvalue weighted by Crippen LogP contribution is 2.00. The van der Waals surface area contributed by atoms with Gasteiger partial charge in [-0.25, -0.2) is 0 Å². The van der Waals surface area contributed by atoms with E-state index in [-0.39, 0.29) is 5.92 Å². The minimum atomic E-state index is -0.741. The van der Waals surface area contributed by atoms with Gasteiger partial charge in [0.2, 0.25) is 0 Å². The van der Waals surface area contributed by atoms with Gasteiger partial charge in [0.25, 0.3) is 0 Å². The summed E-state index contributed by atoms with van der Waals surface area (Å²) in [7, 11) is 0. The van der Waals surface area contributed by atoms with E-state index in [0.717, 1.165) is 6.42 Å². The molecule has 0 aliphatic carbocycles. The van der Waals surface area contributed by atoms with E-state index >= 15 is 0 Å². The quantitative estimate of drug-likeness (QED) is 0.735. The van der Waals surface area contributed by atoms with Gasteiger partial charge in [0.15, 0.2) is 0 Å². The van der Waals surface area contributed by atoms with Crippen LogP contribution in [-0.4, -0.2) is 11.1 Å². The van der Waals surface area contributed by atoms with Crippen LogP contribution in [0.1, 0.15) is 40.5 Å². The summed E-state index contributed by atoms with van der Waals surface area (Å²) in [5.41, 5.74) is 0. The van der Waals surface area contributed by atoms with Crippen LogP contribution in [0.25, 0.3) is 0 Å². The number of carboxylic acids is 1. The Hall–Kier alpha value is -1.04. The molecule has 0 bridgehead atoms. The van der Waals surface area contributed by atoms with Crippen LogP contribution in [-0.2, 0) is 4.79 Å². The minimum Gasteiger partial charge on any atom is -0.481 e. The molecule has 0 aromatic carbocycles. The van der Waals surface area contributed by atoms with Crippen LogP contribution < -0.4 is 0 Å². The smallest absolute Gasteiger partial charge is 0.305 e. The van der Waals surface area contributed by atoms with Crippen LogP contribution in [0, 0.1) is 23.2 Å². The third-order valence-electron chi connectivity index (χ3n) is 1.33. The zero-order chi connectivity index (χ0) is 10.9. The van der Waals surface area contributed by atoms with Crippen molar-refractivity contribution < 1.29 is 9.90 Å². The Bertz CT molecular complexity index is 168. The minimum absolute atomic E-state index is 0.231. The molecule has 3 heteroatoms. The molecule has 0 aromatic rings. The summed E-state index contributed by atoms with van der Waals surface area (Å²) in [6, 6.07) is 2.10. The Balaban J connectivity index is 0. The van der Waals surface area contributed by atoms with Crippen LogP contribution in [0.5, 0.6) is 0 Å². The van der Waals surface area contributed by atoms with Crippen molar-refractivity contribution in [1.29, 1.82) is 5.26 Å². The van der Waals surface area contributed by atoms with Gasteiger partial charge < -0.3 is 5.11 Å². The first-order valence-electron chi connectivity index (χ1n) is 4.51. The molecule has 0 spiro atoms. The van der Waals surface area contributed by atoms with Crippen LogP contribution in [0.4, 0.5) is 0 Å². The second kappa shape index (κ2) is 9.05. The average Bonchev–Trinajstić information content (AvgIpc) is 2.01. The molecular weight excluding hydrogens is 166 g/mol. The van der Waals surface area contributed by atoms with Crippen molar-refractivity contribution in [3.63, 3.8) is 0 Å². The van der Waals surface area contributed by atoms with Gasteiger partial charge in [-0.3, -0.25) is 4.79 Å². The maximum Gasteiger partial charge on any atom is 0.305 e. The van der Waals surface area contributed by atoms with E-state index in [9.17, 15) is 4.79 Å². The molecule has 3 nitrogen and oxygen atoms in total. The van der Waals surface area contributed by atoms with Gasteiger partial charge in [-0.15, -0.1) is 0 Å². The molecule has 1 N–H and O–H groups in total. The molecule has 0 aliphatic rings. The molecule has 0 aliphatic heterocycles. The van der Waals surface area contributed by atoms with Gasteiger partial charge in [0.1, 0.15) is 0 Å². The summed E-state index contributed by atoms with van der Waals surface area (Å²) >= 11 is 0. The molecule has 0 aromatic heterocycles. The lowest BCUT2D eigenvalue weighted by Gasteiger charge is -1.94. The van der Waals surface area contributed by atoms with Crippen molar-refractivity contribution in [3.05, 3.63) is 0 Å². The summed E-state index contributed by atoms with van der Waals surface area (Å²) in [6.45, 7) is 7.53. The van der Waals surface area contributed by atoms with Crippen molar-refractivity contribution in [2.75, 3.05) is 0 Å². The molecule has 0 unspecified atom stereocenters. The number of carboxylic acid groups (broad SMARTS) is 1. The number of nitriles is 1. The summed E-state index contributed by atoms with van der Waals surface area (Å²) < 4.78 is 0. The number of rotatable bonds is 3. The van der Waals surface area contributed by atoms with Gasteiger partial charge in [-0.05, 0) is 12.3 Å². The van der Waals surface area contributed by atoms with Gasteiger partial charge >= 0.3 is 5.97 Å². The van der Waals surface area contributed by atoms with E-state index in [4.69, 9.17) is 10.4 Å². The number of carbonyl (C=O) groups is 1. The van der Waals surface area contributed by atoms with E-state index in [2.05, 4.69) is 19.9 Å². The zero-order valence-electron chi connectivity index (χ0n) is 8.87. The Kier molecular flexibility index (Phi) is 10.1. The first-order chi connectivity index (χ1) is 5.91. The Morgan fingerprint density at radius 2 is 1.77 bits per heavy atom. The van der Waals surface area contributed by atoms with Crippen LogP contribution in [0.3, 0.4) is 0 Å². The lowest BCUT2D eigenvalue weighted by atomic mass is 10.1. The lowest BCUT2D eigenvalue weighted by molar-refractivity contribution is -0.140. The highest BCUT2D eigenvalue weighted by atomic mass is 16.4. The molecule has 13 heavy (non-hydrogen) atoms. The molecular formula is C10H19NO2. The third-order valence-corrected chi connectivity index (χ3v) is 1.33. The normalized spacial score (nSPS) is 9.00. The Morgan fingerprint density at radius 3 is 1.85 bits per heavy atom. The molecule has 0 radical (unpaired) electrons. The van der Waals surface area contributed by atoms with Gasteiger partial charge in [0.05, 0.1) is 12.0 Å². The van der Waals surface area contributed by atoms with Crippen molar-refractivity contribution in [2.24, 2.45) is 11.8 Å². The molecule has 0 heterocycles. The second-order valence-electron chi connectivity index (χ2n) is 3.58. The molecule has 0 atom stereocenters. The first kappa shape index (κ1) is 14.5. The van der Waals surface area contributed by atoms with Crippen molar-refractivity contribution >= 4 is 5.97 Å². The van der Waals surface area contributed by atoms with Crippen LogP contribution in [0.15, 0.2) is 0 Å². The van der Waals surface area contributed by atoms with E-state index in [1.54, 1.807) is 13.8 Å². The molecule has 0 saturated carbocycles. The van der Waals surface area contributed by atoms with Crippen LogP contribution >= 0.6 is 0 Å². The van der Waals surface area contributed by atoms with Gasteiger partial charge in [0, 0.05) is 6.42 Å². The monoisotopic (exact) mass is 185 g/mol. The molecule has 76 valence electrons. The maximum atomic E-state index is 9.70. The topological polar surface area (TPSA) is 61.1 Å². The number of aliphatic carboxylic acids is 1. The standard InChI is InChI=1S/C6H11N.C4H8O2/c1-6(2)4-3-5-7;1-3(2)4(5)6/h6H,3-4H2,1-2H3;3H,1-2H3,(H,5,6). The number of hydrogen-bond acceptors (Lipinski definition) is 2. The van der Waals surface area contributed by atoms with E-state index in [1.807, 2.05) is 0 Å². The summed E-state index contributed by atoms with van der Waals surface area (Å²) in [4.78, 5) is 9.70. The molecule has 0 fully saturated rings. The van der Waals surface area contributed by atoms with Crippen molar-refractivity contribution in [1.82, 2.24) is 0 Å². The third kappa shape index (κ3) is 18.2. The fraction of sp³-hybridized carbons (Fsp3) is 0.800. The number of hydrogen-bond donors (Lipinski definition) is 1. The van der Waals surface area contributed by atoms with Crippen LogP contribution in [0.2, 0.25) is 0 Å². The predicted octanol–water partition coefficient (Wildman–Crippen LogP) is 2.67. The van der Waals surface area contributed by atoms with Crippen molar-refractivity contribution in [2.45, 2.75) is 40.5 Å². The van der Waals surface area contributed by atoms with Gasteiger partial charge in [-0.1, -0.05) is 27.7 Å². The molecule has 0 rings (SSSR count). The van der Waals surface area contributed by atoms with Crippen molar-refractivity contribution in [3.8, 4) is 6.07 Å².